The molecule has 0 spiro atoms. The average Bonchev–Trinajstić information content (AvgIpc) is 2.49. The highest BCUT2D eigenvalue weighted by Gasteiger charge is 2.13. The van der Waals surface area contributed by atoms with E-state index in [9.17, 15) is 9.18 Å². The summed E-state index contributed by atoms with van der Waals surface area (Å²) in [5.74, 6) is 0.172. The van der Waals surface area contributed by atoms with E-state index in [0.717, 1.165) is 5.69 Å². The van der Waals surface area contributed by atoms with Gasteiger partial charge in [0.1, 0.15) is 17.6 Å². The van der Waals surface area contributed by atoms with Crippen LogP contribution in [0, 0.1) is 5.82 Å². The highest BCUT2D eigenvalue weighted by Crippen LogP contribution is 2.18. The van der Waals surface area contributed by atoms with Crippen LogP contribution in [0.3, 0.4) is 0 Å². The molecule has 0 saturated carbocycles. The number of carbonyl (C=O) groups is 1. The Hall–Kier alpha value is -2.56. The zero-order valence-corrected chi connectivity index (χ0v) is 11.9. The van der Waals surface area contributed by atoms with Gasteiger partial charge in [-0.3, -0.25) is 4.79 Å². The van der Waals surface area contributed by atoms with Crippen molar-refractivity contribution in [2.45, 2.75) is 13.0 Å². The molecule has 5 heteroatoms. The number of anilines is 2. The summed E-state index contributed by atoms with van der Waals surface area (Å²) >= 11 is 0. The van der Waals surface area contributed by atoms with Gasteiger partial charge in [-0.1, -0.05) is 6.07 Å². The predicted molar refractivity (Wildman–Crippen MR) is 81.1 cm³/mol. The molecule has 4 nitrogen and oxygen atoms in total. The van der Waals surface area contributed by atoms with Crippen LogP contribution >= 0.6 is 0 Å². The van der Waals surface area contributed by atoms with E-state index in [1.165, 1.54) is 24.3 Å². The maximum atomic E-state index is 12.8. The molecule has 2 rings (SSSR count). The second-order valence-corrected chi connectivity index (χ2v) is 4.59. The van der Waals surface area contributed by atoms with Crippen LogP contribution in [0.5, 0.6) is 5.75 Å². The van der Waals surface area contributed by atoms with E-state index in [2.05, 4.69) is 10.6 Å². The van der Waals surface area contributed by atoms with Crippen molar-refractivity contribution in [3.8, 4) is 5.75 Å². The van der Waals surface area contributed by atoms with E-state index in [0.29, 0.717) is 11.4 Å². The number of rotatable bonds is 5. The second kappa shape index (κ2) is 6.74. The molecule has 21 heavy (non-hydrogen) atoms. The number of carbonyl (C=O) groups excluding carboxylic acids is 1. The number of amides is 1. The van der Waals surface area contributed by atoms with Crippen molar-refractivity contribution in [3.05, 3.63) is 54.3 Å². The summed E-state index contributed by atoms with van der Waals surface area (Å²) < 4.78 is 17.9. The number of benzene rings is 2. The molecule has 0 fully saturated rings. The molecule has 0 aliphatic rings. The van der Waals surface area contributed by atoms with Crippen molar-refractivity contribution in [1.82, 2.24) is 0 Å². The molecule has 2 aromatic rings. The Morgan fingerprint density at radius 3 is 2.52 bits per heavy atom. The van der Waals surface area contributed by atoms with Crippen molar-refractivity contribution in [1.29, 1.82) is 0 Å². The SMILES string of the molecule is COc1cccc(NC(C)C(=O)Nc2ccc(F)cc2)c1. The maximum absolute atomic E-state index is 12.8. The lowest BCUT2D eigenvalue weighted by atomic mass is 10.2. The highest BCUT2D eigenvalue weighted by molar-refractivity contribution is 5.96. The van der Waals surface area contributed by atoms with E-state index in [4.69, 9.17) is 4.74 Å². The summed E-state index contributed by atoms with van der Waals surface area (Å²) in [4.78, 5) is 12.1. The molecule has 2 aromatic carbocycles. The minimum atomic E-state index is -0.442. The van der Waals surface area contributed by atoms with Crippen LogP contribution < -0.4 is 15.4 Å². The maximum Gasteiger partial charge on any atom is 0.246 e. The lowest BCUT2D eigenvalue weighted by Gasteiger charge is -2.15. The molecular weight excluding hydrogens is 271 g/mol. The van der Waals surface area contributed by atoms with Crippen molar-refractivity contribution in [2.75, 3.05) is 17.7 Å². The van der Waals surface area contributed by atoms with Gasteiger partial charge in [-0.2, -0.15) is 0 Å². The standard InChI is InChI=1S/C16H17FN2O2/c1-11(18-14-4-3-5-15(10-14)21-2)16(20)19-13-8-6-12(17)7-9-13/h3-11,18H,1-2H3,(H,19,20). The lowest BCUT2D eigenvalue weighted by Crippen LogP contribution is -2.31. The van der Waals surface area contributed by atoms with Gasteiger partial charge in [-0.05, 0) is 43.3 Å². The molecule has 2 N–H and O–H groups in total. The van der Waals surface area contributed by atoms with Gasteiger partial charge in [0.05, 0.1) is 7.11 Å². The molecule has 0 saturated heterocycles. The zero-order chi connectivity index (χ0) is 15.2. The topological polar surface area (TPSA) is 50.4 Å². The lowest BCUT2D eigenvalue weighted by molar-refractivity contribution is -0.116. The van der Waals surface area contributed by atoms with Gasteiger partial charge in [0.2, 0.25) is 5.91 Å². The van der Waals surface area contributed by atoms with Crippen LogP contribution in [0.1, 0.15) is 6.92 Å². The Labute approximate surface area is 122 Å². The van der Waals surface area contributed by atoms with E-state index < -0.39 is 6.04 Å². The number of nitrogens with one attached hydrogen (secondary N) is 2. The van der Waals surface area contributed by atoms with Gasteiger partial charge in [0, 0.05) is 17.4 Å². The first-order valence-electron chi connectivity index (χ1n) is 6.55. The van der Waals surface area contributed by atoms with Gasteiger partial charge in [0.25, 0.3) is 0 Å². The number of halogens is 1. The van der Waals surface area contributed by atoms with Crippen LogP contribution in [-0.2, 0) is 4.79 Å². The van der Waals surface area contributed by atoms with Crippen LogP contribution in [0.25, 0.3) is 0 Å². The summed E-state index contributed by atoms with van der Waals surface area (Å²) in [5.41, 5.74) is 1.34. The summed E-state index contributed by atoms with van der Waals surface area (Å²) in [5, 5.41) is 5.80. The van der Waals surface area contributed by atoms with Gasteiger partial charge in [-0.15, -0.1) is 0 Å². The number of ether oxygens (including phenoxy) is 1. The normalized spacial score (nSPS) is 11.6. The monoisotopic (exact) mass is 288 g/mol. The molecule has 0 bridgehead atoms. The van der Waals surface area contributed by atoms with Crippen molar-refractivity contribution < 1.29 is 13.9 Å². The first-order valence-corrected chi connectivity index (χ1v) is 6.55. The van der Waals surface area contributed by atoms with E-state index in [-0.39, 0.29) is 11.7 Å². The zero-order valence-electron chi connectivity index (χ0n) is 11.9. The summed E-state index contributed by atoms with van der Waals surface area (Å²) in [6.07, 6.45) is 0. The molecule has 0 aliphatic carbocycles. The minimum absolute atomic E-state index is 0.204. The Kier molecular flexibility index (Phi) is 4.77. The van der Waals surface area contributed by atoms with E-state index >= 15 is 0 Å². The molecule has 0 aliphatic heterocycles. The summed E-state index contributed by atoms with van der Waals surface area (Å²) in [6.45, 7) is 1.75. The number of hydrogen-bond acceptors (Lipinski definition) is 3. The first kappa shape index (κ1) is 14.8. The van der Waals surface area contributed by atoms with Gasteiger partial charge in [-0.25, -0.2) is 4.39 Å². The third kappa shape index (κ3) is 4.21. The summed E-state index contributed by atoms with van der Waals surface area (Å²) in [6, 6.07) is 12.5. The van der Waals surface area contributed by atoms with Gasteiger partial charge in [0.15, 0.2) is 0 Å². The molecule has 0 aromatic heterocycles. The Morgan fingerprint density at radius 2 is 1.86 bits per heavy atom. The van der Waals surface area contributed by atoms with Crippen LogP contribution in [0.2, 0.25) is 0 Å². The molecular formula is C16H17FN2O2. The Bertz CT molecular complexity index is 614. The van der Waals surface area contributed by atoms with Crippen molar-refractivity contribution in [2.24, 2.45) is 0 Å². The molecule has 110 valence electrons. The van der Waals surface area contributed by atoms with Crippen LogP contribution in [0.4, 0.5) is 15.8 Å². The van der Waals surface area contributed by atoms with Crippen molar-refractivity contribution in [3.63, 3.8) is 0 Å². The first-order chi connectivity index (χ1) is 10.1. The van der Waals surface area contributed by atoms with E-state index in [1.54, 1.807) is 14.0 Å². The Balaban J connectivity index is 1.97. The molecule has 1 atom stereocenters. The van der Waals surface area contributed by atoms with Gasteiger partial charge >= 0.3 is 0 Å². The second-order valence-electron chi connectivity index (χ2n) is 4.59. The third-order valence-corrected chi connectivity index (χ3v) is 2.96. The van der Waals surface area contributed by atoms with Gasteiger partial charge < -0.3 is 15.4 Å². The third-order valence-electron chi connectivity index (χ3n) is 2.96. The average molecular weight is 288 g/mol. The molecule has 1 amide bonds. The Morgan fingerprint density at radius 1 is 1.14 bits per heavy atom. The number of hydrogen-bond donors (Lipinski definition) is 2. The fourth-order valence-corrected chi connectivity index (χ4v) is 1.81. The minimum Gasteiger partial charge on any atom is -0.497 e. The smallest absolute Gasteiger partial charge is 0.246 e. The largest absolute Gasteiger partial charge is 0.497 e. The fraction of sp³-hybridized carbons (Fsp3) is 0.188. The predicted octanol–water partition coefficient (Wildman–Crippen LogP) is 3.27. The quantitative estimate of drug-likeness (QED) is 0.887. The summed E-state index contributed by atoms with van der Waals surface area (Å²) in [7, 11) is 1.59. The molecule has 0 radical (unpaired) electrons. The van der Waals surface area contributed by atoms with Crippen LogP contribution in [0.15, 0.2) is 48.5 Å². The fourth-order valence-electron chi connectivity index (χ4n) is 1.81. The molecule has 0 heterocycles. The number of methoxy groups -OCH3 is 1. The molecule has 1 unspecified atom stereocenters. The van der Waals surface area contributed by atoms with Crippen LogP contribution in [-0.4, -0.2) is 19.1 Å². The van der Waals surface area contributed by atoms with E-state index in [1.807, 2.05) is 24.3 Å². The highest BCUT2D eigenvalue weighted by atomic mass is 19.1. The van der Waals surface area contributed by atoms with Crippen molar-refractivity contribution >= 4 is 17.3 Å².